The highest BCUT2D eigenvalue weighted by molar-refractivity contribution is 9.11. The van der Waals surface area contributed by atoms with Crippen LogP contribution in [-0.4, -0.2) is 18.4 Å². The van der Waals surface area contributed by atoms with Crippen LogP contribution in [0.4, 0.5) is 0 Å². The van der Waals surface area contributed by atoms with E-state index in [9.17, 15) is 9.59 Å². The molecule has 0 saturated carbocycles. The predicted octanol–water partition coefficient (Wildman–Crippen LogP) is 3.74. The van der Waals surface area contributed by atoms with Crippen molar-refractivity contribution in [3.63, 3.8) is 0 Å². The lowest BCUT2D eigenvalue weighted by Gasteiger charge is -2.05. The predicted molar refractivity (Wildman–Crippen MR) is 72.0 cm³/mol. The fourth-order valence-corrected chi connectivity index (χ4v) is 2.48. The van der Waals surface area contributed by atoms with Gasteiger partial charge in [-0.05, 0) is 24.6 Å². The standard InChI is InChI=1S/C12H12Br2O3/c1-2-5-17-12(16)7-11(15)9-4-3-8(13)6-10(9)14/h3-4,6H,2,5,7H2,1H3. The smallest absolute Gasteiger partial charge is 0.313 e. The summed E-state index contributed by atoms with van der Waals surface area (Å²) in [5, 5.41) is 0. The highest BCUT2D eigenvalue weighted by Gasteiger charge is 2.15. The molecule has 0 amide bonds. The van der Waals surface area contributed by atoms with Gasteiger partial charge in [0.2, 0.25) is 0 Å². The minimum atomic E-state index is -0.480. The molecule has 0 bridgehead atoms. The molecule has 0 saturated heterocycles. The summed E-state index contributed by atoms with van der Waals surface area (Å²) in [4.78, 5) is 23.1. The minimum absolute atomic E-state index is 0.222. The maximum Gasteiger partial charge on any atom is 0.313 e. The first-order valence-corrected chi connectivity index (χ1v) is 6.77. The zero-order valence-electron chi connectivity index (χ0n) is 9.33. The molecule has 0 aliphatic carbocycles. The molecule has 17 heavy (non-hydrogen) atoms. The largest absolute Gasteiger partial charge is 0.465 e. The van der Waals surface area contributed by atoms with Crippen molar-refractivity contribution in [2.24, 2.45) is 0 Å². The Bertz CT molecular complexity index is 430. The summed E-state index contributed by atoms with van der Waals surface area (Å²) in [7, 11) is 0. The van der Waals surface area contributed by atoms with E-state index in [-0.39, 0.29) is 12.2 Å². The molecule has 0 aromatic heterocycles. The first-order chi connectivity index (χ1) is 8.04. The lowest BCUT2D eigenvalue weighted by molar-refractivity contribution is -0.142. The van der Waals surface area contributed by atoms with Crippen LogP contribution in [0.1, 0.15) is 30.1 Å². The number of benzene rings is 1. The summed E-state index contributed by atoms with van der Waals surface area (Å²) >= 11 is 6.58. The van der Waals surface area contributed by atoms with Gasteiger partial charge in [0.25, 0.3) is 0 Å². The number of ether oxygens (including phenoxy) is 1. The Morgan fingerprint density at radius 3 is 2.59 bits per heavy atom. The maximum atomic E-state index is 11.8. The summed E-state index contributed by atoms with van der Waals surface area (Å²) in [6, 6.07) is 5.20. The van der Waals surface area contributed by atoms with Gasteiger partial charge in [-0.3, -0.25) is 9.59 Å². The van der Waals surface area contributed by atoms with Crippen molar-refractivity contribution in [2.45, 2.75) is 19.8 Å². The molecule has 0 radical (unpaired) electrons. The number of hydrogen-bond acceptors (Lipinski definition) is 3. The Morgan fingerprint density at radius 1 is 1.29 bits per heavy atom. The molecular weight excluding hydrogens is 352 g/mol. The van der Waals surface area contributed by atoms with Gasteiger partial charge in [-0.25, -0.2) is 0 Å². The molecule has 3 nitrogen and oxygen atoms in total. The number of esters is 1. The third kappa shape index (κ3) is 4.60. The number of hydrogen-bond donors (Lipinski definition) is 0. The summed E-state index contributed by atoms with van der Waals surface area (Å²) in [5.41, 5.74) is 0.488. The van der Waals surface area contributed by atoms with Crippen molar-refractivity contribution in [3.8, 4) is 0 Å². The van der Waals surface area contributed by atoms with Gasteiger partial charge < -0.3 is 4.74 Å². The summed E-state index contributed by atoms with van der Waals surface area (Å²) in [6.45, 7) is 2.26. The van der Waals surface area contributed by atoms with Crippen LogP contribution in [0.5, 0.6) is 0 Å². The topological polar surface area (TPSA) is 43.4 Å². The molecule has 0 atom stereocenters. The van der Waals surface area contributed by atoms with Gasteiger partial charge in [0.15, 0.2) is 5.78 Å². The van der Waals surface area contributed by atoms with Crippen LogP contribution < -0.4 is 0 Å². The average molecular weight is 364 g/mol. The van der Waals surface area contributed by atoms with Gasteiger partial charge in [0.05, 0.1) is 6.61 Å². The molecule has 1 aromatic rings. The number of halogens is 2. The summed E-state index contributed by atoms with van der Waals surface area (Å²) in [5.74, 6) is -0.725. The van der Waals surface area contributed by atoms with Gasteiger partial charge in [0.1, 0.15) is 6.42 Å². The van der Waals surface area contributed by atoms with Crippen LogP contribution >= 0.6 is 31.9 Å². The van der Waals surface area contributed by atoms with Gasteiger partial charge in [-0.15, -0.1) is 0 Å². The fraction of sp³-hybridized carbons (Fsp3) is 0.333. The first-order valence-electron chi connectivity index (χ1n) is 5.18. The monoisotopic (exact) mass is 362 g/mol. The molecule has 5 heteroatoms. The van der Waals surface area contributed by atoms with E-state index in [4.69, 9.17) is 4.74 Å². The van der Waals surface area contributed by atoms with Crippen LogP contribution in [0.25, 0.3) is 0 Å². The normalized spacial score (nSPS) is 10.1. The second kappa shape index (κ2) is 6.91. The average Bonchev–Trinajstić information content (AvgIpc) is 2.26. The quantitative estimate of drug-likeness (QED) is 0.454. The van der Waals surface area contributed by atoms with Crippen molar-refractivity contribution in [1.29, 1.82) is 0 Å². The molecule has 1 aromatic carbocycles. The number of carbonyl (C=O) groups is 2. The van der Waals surface area contributed by atoms with E-state index >= 15 is 0 Å². The lowest BCUT2D eigenvalue weighted by Crippen LogP contribution is -2.12. The Kier molecular flexibility index (Phi) is 5.85. The summed E-state index contributed by atoms with van der Waals surface area (Å²) in [6.07, 6.45) is 0.530. The number of rotatable bonds is 5. The Morgan fingerprint density at radius 2 is 2.00 bits per heavy atom. The Hall–Kier alpha value is -0.680. The van der Waals surface area contributed by atoms with Gasteiger partial charge >= 0.3 is 5.97 Å². The van der Waals surface area contributed by atoms with E-state index in [0.717, 1.165) is 10.9 Å². The van der Waals surface area contributed by atoms with Crippen molar-refractivity contribution in [1.82, 2.24) is 0 Å². The molecule has 92 valence electrons. The molecule has 0 heterocycles. The Balaban J connectivity index is 2.67. The zero-order chi connectivity index (χ0) is 12.8. The number of Topliss-reactive ketones (excluding diaryl/α,β-unsaturated/α-hetero) is 1. The Labute approximate surface area is 117 Å². The third-order valence-electron chi connectivity index (χ3n) is 2.00. The molecule has 0 N–H and O–H groups in total. The van der Waals surface area contributed by atoms with Crippen LogP contribution in [-0.2, 0) is 9.53 Å². The van der Waals surface area contributed by atoms with Crippen LogP contribution in [0.3, 0.4) is 0 Å². The molecule has 0 aliphatic heterocycles. The van der Waals surface area contributed by atoms with Gasteiger partial charge in [-0.1, -0.05) is 38.8 Å². The van der Waals surface area contributed by atoms with E-state index in [1.165, 1.54) is 0 Å². The van der Waals surface area contributed by atoms with Crippen LogP contribution in [0.2, 0.25) is 0 Å². The van der Waals surface area contributed by atoms with Crippen molar-refractivity contribution in [2.75, 3.05) is 6.61 Å². The lowest BCUT2D eigenvalue weighted by atomic mass is 10.1. The highest BCUT2D eigenvalue weighted by atomic mass is 79.9. The minimum Gasteiger partial charge on any atom is -0.465 e. The van der Waals surface area contributed by atoms with Crippen LogP contribution in [0.15, 0.2) is 27.1 Å². The highest BCUT2D eigenvalue weighted by Crippen LogP contribution is 2.23. The van der Waals surface area contributed by atoms with Crippen LogP contribution in [0, 0.1) is 0 Å². The van der Waals surface area contributed by atoms with E-state index in [1.807, 2.05) is 6.92 Å². The van der Waals surface area contributed by atoms with Crippen molar-refractivity contribution < 1.29 is 14.3 Å². The second-order valence-electron chi connectivity index (χ2n) is 3.44. The maximum absolute atomic E-state index is 11.8. The number of carbonyl (C=O) groups excluding carboxylic acids is 2. The second-order valence-corrected chi connectivity index (χ2v) is 5.21. The van der Waals surface area contributed by atoms with Crippen molar-refractivity contribution in [3.05, 3.63) is 32.7 Å². The fourth-order valence-electron chi connectivity index (χ4n) is 1.21. The molecule has 0 unspecified atom stereocenters. The first kappa shape index (κ1) is 14.4. The van der Waals surface area contributed by atoms with E-state index < -0.39 is 5.97 Å². The molecule has 0 fully saturated rings. The molecule has 0 aliphatic rings. The SMILES string of the molecule is CCCOC(=O)CC(=O)c1ccc(Br)cc1Br. The van der Waals surface area contributed by atoms with E-state index in [1.54, 1.807) is 18.2 Å². The molecule has 0 spiro atoms. The van der Waals surface area contributed by atoms with E-state index in [2.05, 4.69) is 31.9 Å². The van der Waals surface area contributed by atoms with Gasteiger partial charge in [-0.2, -0.15) is 0 Å². The van der Waals surface area contributed by atoms with Crippen molar-refractivity contribution >= 4 is 43.6 Å². The zero-order valence-corrected chi connectivity index (χ0v) is 12.5. The van der Waals surface area contributed by atoms with E-state index in [0.29, 0.717) is 16.6 Å². The number of ketones is 1. The third-order valence-corrected chi connectivity index (χ3v) is 3.15. The molecule has 1 rings (SSSR count). The molecular formula is C12H12Br2O3. The van der Waals surface area contributed by atoms with Gasteiger partial charge in [0, 0.05) is 14.5 Å². The summed E-state index contributed by atoms with van der Waals surface area (Å²) < 4.78 is 6.40.